The zero-order valence-electron chi connectivity index (χ0n) is 15.1. The molecule has 1 fully saturated rings. The molecule has 8 heteroatoms. The van der Waals surface area contributed by atoms with Crippen LogP contribution in [0.5, 0.6) is 0 Å². The van der Waals surface area contributed by atoms with Crippen molar-refractivity contribution in [2.75, 3.05) is 18.0 Å². The van der Waals surface area contributed by atoms with Crippen molar-refractivity contribution in [3.05, 3.63) is 75.2 Å². The van der Waals surface area contributed by atoms with Crippen molar-refractivity contribution in [2.45, 2.75) is 12.8 Å². The fraction of sp³-hybridized carbons (Fsp3) is 0.200. The predicted octanol–water partition coefficient (Wildman–Crippen LogP) is 4.60. The maximum Gasteiger partial charge on any atom is 0.293 e. The summed E-state index contributed by atoms with van der Waals surface area (Å²) in [6.45, 7) is 1.71. The number of anilines is 1. The minimum Gasteiger partial charge on any atom is -0.366 e. The summed E-state index contributed by atoms with van der Waals surface area (Å²) in [5.41, 5.74) is 3.29. The normalized spacial score (nSPS) is 14.1. The molecule has 3 aromatic rings. The lowest BCUT2D eigenvalue weighted by Crippen LogP contribution is -2.18. The molecule has 1 N–H and O–H groups in total. The van der Waals surface area contributed by atoms with Gasteiger partial charge in [-0.25, -0.2) is 4.68 Å². The number of hydrogen-bond acceptors (Lipinski definition) is 5. The van der Waals surface area contributed by atoms with Gasteiger partial charge < -0.3 is 9.88 Å². The predicted molar refractivity (Wildman–Crippen MR) is 113 cm³/mol. The Morgan fingerprint density at radius 3 is 2.61 bits per heavy atom. The Morgan fingerprint density at radius 1 is 1.14 bits per heavy atom. The maximum atomic E-state index is 11.5. The lowest BCUT2D eigenvalue weighted by atomic mass is 10.1. The Kier molecular flexibility index (Phi) is 5.03. The van der Waals surface area contributed by atoms with Crippen molar-refractivity contribution in [2.24, 2.45) is 5.10 Å². The van der Waals surface area contributed by atoms with Gasteiger partial charge in [0.2, 0.25) is 0 Å². The highest BCUT2D eigenvalue weighted by Crippen LogP contribution is 2.31. The van der Waals surface area contributed by atoms with E-state index in [2.05, 4.69) is 15.0 Å². The Labute approximate surface area is 167 Å². The number of nitro groups is 1. The van der Waals surface area contributed by atoms with Crippen LogP contribution in [-0.2, 0) is 0 Å². The third kappa shape index (κ3) is 3.72. The first-order valence-corrected chi connectivity index (χ1v) is 9.47. The molecule has 1 aromatic heterocycles. The van der Waals surface area contributed by atoms with E-state index in [1.807, 2.05) is 36.4 Å². The molecule has 1 aliphatic heterocycles. The Bertz CT molecular complexity index is 1080. The molecular weight excluding hydrogens is 374 g/mol. The first-order valence-electron chi connectivity index (χ1n) is 9.07. The molecule has 0 atom stereocenters. The van der Waals surface area contributed by atoms with Gasteiger partial charge in [0.25, 0.3) is 5.69 Å². The molecule has 4 rings (SSSR count). The SMILES string of the molecule is O=[N+]([O-])c1cc(/C=N/n2cc(-c3ccccc3)[nH]c2=S)ccc1N1CCCC1. The second kappa shape index (κ2) is 7.77. The van der Waals surface area contributed by atoms with Crippen LogP contribution in [0.2, 0.25) is 0 Å². The number of aromatic nitrogens is 2. The van der Waals surface area contributed by atoms with Crippen molar-refractivity contribution >= 4 is 29.8 Å². The summed E-state index contributed by atoms with van der Waals surface area (Å²) in [4.78, 5) is 16.4. The van der Waals surface area contributed by atoms with E-state index in [4.69, 9.17) is 12.2 Å². The third-order valence-corrected chi connectivity index (χ3v) is 5.05. The number of nitrogens with one attached hydrogen (secondary N) is 1. The standard InChI is InChI=1S/C20H19N5O2S/c26-25(27)19-12-15(8-9-18(19)23-10-4-5-11-23)13-21-24-14-17(22-20(24)28)16-6-2-1-3-7-16/h1-3,6-9,12-14H,4-5,10-11H2,(H,22,28)/b21-13+. The van der Waals surface area contributed by atoms with Crippen LogP contribution in [0.15, 0.2) is 59.8 Å². The zero-order chi connectivity index (χ0) is 19.5. The fourth-order valence-electron chi connectivity index (χ4n) is 3.36. The van der Waals surface area contributed by atoms with Crippen LogP contribution in [0.3, 0.4) is 0 Å². The molecule has 0 unspecified atom stereocenters. The number of benzene rings is 2. The van der Waals surface area contributed by atoms with Gasteiger partial charge in [0.15, 0.2) is 4.77 Å². The van der Waals surface area contributed by atoms with Crippen molar-refractivity contribution in [1.82, 2.24) is 9.66 Å². The van der Waals surface area contributed by atoms with E-state index < -0.39 is 0 Å². The van der Waals surface area contributed by atoms with Gasteiger partial charge in [-0.3, -0.25) is 10.1 Å². The average Bonchev–Trinajstić information content (AvgIpc) is 3.37. The Balaban J connectivity index is 1.61. The van der Waals surface area contributed by atoms with E-state index in [-0.39, 0.29) is 10.6 Å². The molecule has 1 saturated heterocycles. The zero-order valence-corrected chi connectivity index (χ0v) is 15.9. The molecule has 1 aliphatic rings. The van der Waals surface area contributed by atoms with Crippen LogP contribution in [0.1, 0.15) is 18.4 Å². The van der Waals surface area contributed by atoms with Crippen molar-refractivity contribution in [1.29, 1.82) is 0 Å². The van der Waals surface area contributed by atoms with Crippen molar-refractivity contribution in [3.63, 3.8) is 0 Å². The van der Waals surface area contributed by atoms with Crippen molar-refractivity contribution in [3.8, 4) is 11.3 Å². The monoisotopic (exact) mass is 393 g/mol. The van der Waals surface area contributed by atoms with E-state index in [0.717, 1.165) is 37.2 Å². The largest absolute Gasteiger partial charge is 0.366 e. The number of nitrogens with zero attached hydrogens (tertiary/aromatic N) is 4. The highest BCUT2D eigenvalue weighted by atomic mass is 32.1. The third-order valence-electron chi connectivity index (χ3n) is 4.76. The molecule has 0 aliphatic carbocycles. The van der Waals surface area contributed by atoms with Gasteiger partial charge in [0.05, 0.1) is 23.0 Å². The number of H-pyrrole nitrogens is 1. The van der Waals surface area contributed by atoms with Crippen molar-refractivity contribution < 1.29 is 4.92 Å². The summed E-state index contributed by atoms with van der Waals surface area (Å²) >= 11 is 5.33. The summed E-state index contributed by atoms with van der Waals surface area (Å²) in [5, 5.41) is 15.9. The smallest absolute Gasteiger partial charge is 0.293 e. The molecule has 0 amide bonds. The minimum atomic E-state index is -0.333. The van der Waals surface area contributed by atoms with Crippen LogP contribution in [-0.4, -0.2) is 33.9 Å². The van der Waals surface area contributed by atoms with Crippen LogP contribution in [0.4, 0.5) is 11.4 Å². The first-order chi connectivity index (χ1) is 13.6. The van der Waals surface area contributed by atoms with Crippen LogP contribution >= 0.6 is 12.2 Å². The van der Waals surface area contributed by atoms with E-state index in [9.17, 15) is 10.1 Å². The van der Waals surface area contributed by atoms with Gasteiger partial charge in [0.1, 0.15) is 5.69 Å². The van der Waals surface area contributed by atoms with E-state index in [1.54, 1.807) is 29.2 Å². The quantitative estimate of drug-likeness (QED) is 0.297. The molecule has 2 aromatic carbocycles. The van der Waals surface area contributed by atoms with E-state index in [1.165, 1.54) is 0 Å². The Hall–Kier alpha value is -3.26. The molecule has 2 heterocycles. The summed E-state index contributed by atoms with van der Waals surface area (Å²) in [6.07, 6.45) is 5.52. The molecule has 0 spiro atoms. The molecule has 28 heavy (non-hydrogen) atoms. The molecule has 0 bridgehead atoms. The van der Waals surface area contributed by atoms with Gasteiger partial charge in [-0.2, -0.15) is 5.10 Å². The minimum absolute atomic E-state index is 0.105. The molecule has 142 valence electrons. The Morgan fingerprint density at radius 2 is 1.89 bits per heavy atom. The number of nitro benzene ring substituents is 1. The molecular formula is C20H19N5O2S. The van der Waals surface area contributed by atoms with Gasteiger partial charge in [-0.05, 0) is 36.7 Å². The lowest BCUT2D eigenvalue weighted by molar-refractivity contribution is -0.384. The van der Waals surface area contributed by atoms with Crippen LogP contribution < -0.4 is 4.90 Å². The highest BCUT2D eigenvalue weighted by Gasteiger charge is 2.22. The molecule has 0 radical (unpaired) electrons. The highest BCUT2D eigenvalue weighted by molar-refractivity contribution is 7.71. The average molecular weight is 393 g/mol. The van der Waals surface area contributed by atoms with Crippen LogP contribution in [0, 0.1) is 14.9 Å². The topological polar surface area (TPSA) is 79.5 Å². The van der Waals surface area contributed by atoms with E-state index in [0.29, 0.717) is 16.0 Å². The molecule has 7 nitrogen and oxygen atoms in total. The number of rotatable bonds is 5. The lowest BCUT2D eigenvalue weighted by Gasteiger charge is -2.17. The number of hydrogen-bond donors (Lipinski definition) is 1. The first kappa shape index (κ1) is 18.1. The summed E-state index contributed by atoms with van der Waals surface area (Å²) in [5.74, 6) is 0. The van der Waals surface area contributed by atoms with Gasteiger partial charge in [-0.1, -0.05) is 36.4 Å². The summed E-state index contributed by atoms with van der Waals surface area (Å²) in [6, 6.07) is 15.0. The molecule has 0 saturated carbocycles. The van der Waals surface area contributed by atoms with Gasteiger partial charge in [-0.15, -0.1) is 0 Å². The van der Waals surface area contributed by atoms with E-state index >= 15 is 0 Å². The number of imidazole rings is 1. The second-order valence-electron chi connectivity index (χ2n) is 6.63. The van der Waals surface area contributed by atoms with Crippen LogP contribution in [0.25, 0.3) is 11.3 Å². The fourth-order valence-corrected chi connectivity index (χ4v) is 3.57. The number of aromatic amines is 1. The van der Waals surface area contributed by atoms with Gasteiger partial charge >= 0.3 is 0 Å². The summed E-state index contributed by atoms with van der Waals surface area (Å²) in [7, 11) is 0. The maximum absolute atomic E-state index is 11.5. The summed E-state index contributed by atoms with van der Waals surface area (Å²) < 4.78 is 2.01. The van der Waals surface area contributed by atoms with Gasteiger partial charge in [0, 0.05) is 24.7 Å². The second-order valence-corrected chi connectivity index (χ2v) is 7.01.